The SMILES string of the molecule is O=c1ccc(-c2nc(-c3ccc(F)cc3)no2)cn1Cc1cccc(Cl)c1. The monoisotopic (exact) mass is 381 g/mol. The zero-order chi connectivity index (χ0) is 18.8. The topological polar surface area (TPSA) is 60.9 Å². The highest BCUT2D eigenvalue weighted by atomic mass is 35.5. The van der Waals surface area contributed by atoms with Crippen LogP contribution >= 0.6 is 11.6 Å². The molecule has 0 aliphatic rings. The van der Waals surface area contributed by atoms with E-state index in [-0.39, 0.29) is 17.3 Å². The number of nitrogens with zero attached hydrogens (tertiary/aromatic N) is 3. The summed E-state index contributed by atoms with van der Waals surface area (Å²) in [5, 5.41) is 4.54. The fraction of sp³-hybridized carbons (Fsp3) is 0.0500. The van der Waals surface area contributed by atoms with Crippen LogP contribution in [-0.4, -0.2) is 14.7 Å². The van der Waals surface area contributed by atoms with Crippen molar-refractivity contribution < 1.29 is 8.91 Å². The molecule has 0 fully saturated rings. The molecule has 2 heterocycles. The van der Waals surface area contributed by atoms with Crippen LogP contribution in [0, 0.1) is 5.82 Å². The van der Waals surface area contributed by atoms with Crippen LogP contribution in [0.15, 0.2) is 76.2 Å². The number of hydrogen-bond acceptors (Lipinski definition) is 4. The van der Waals surface area contributed by atoms with Gasteiger partial charge in [0.05, 0.1) is 12.1 Å². The minimum absolute atomic E-state index is 0.156. The van der Waals surface area contributed by atoms with Crippen LogP contribution < -0.4 is 5.56 Å². The quantitative estimate of drug-likeness (QED) is 0.525. The summed E-state index contributed by atoms with van der Waals surface area (Å²) >= 11 is 6.00. The average Bonchev–Trinajstić information content (AvgIpc) is 3.14. The summed E-state index contributed by atoms with van der Waals surface area (Å²) in [4.78, 5) is 16.5. The van der Waals surface area contributed by atoms with Crippen LogP contribution in [0.25, 0.3) is 22.8 Å². The Bertz CT molecular complexity index is 1150. The molecule has 4 rings (SSSR count). The van der Waals surface area contributed by atoms with Gasteiger partial charge >= 0.3 is 0 Å². The Labute approximate surface area is 158 Å². The van der Waals surface area contributed by atoms with Gasteiger partial charge in [0.2, 0.25) is 5.82 Å². The highest BCUT2D eigenvalue weighted by Crippen LogP contribution is 2.22. The Morgan fingerprint density at radius 1 is 1.04 bits per heavy atom. The van der Waals surface area contributed by atoms with E-state index in [1.807, 2.05) is 12.1 Å². The third-order valence-corrected chi connectivity index (χ3v) is 4.24. The van der Waals surface area contributed by atoms with Crippen molar-refractivity contribution in [3.05, 3.63) is 93.6 Å². The highest BCUT2D eigenvalue weighted by molar-refractivity contribution is 6.30. The van der Waals surface area contributed by atoms with Gasteiger partial charge in [-0.15, -0.1) is 0 Å². The van der Waals surface area contributed by atoms with Crippen molar-refractivity contribution in [3.63, 3.8) is 0 Å². The Morgan fingerprint density at radius 2 is 1.81 bits per heavy atom. The van der Waals surface area contributed by atoms with E-state index in [2.05, 4.69) is 10.1 Å². The summed E-state index contributed by atoms with van der Waals surface area (Å²) in [5.74, 6) is 0.280. The first-order valence-electron chi connectivity index (χ1n) is 8.13. The molecule has 0 bridgehead atoms. The third-order valence-electron chi connectivity index (χ3n) is 4.00. The molecular formula is C20H13ClFN3O2. The lowest BCUT2D eigenvalue weighted by atomic mass is 10.2. The Balaban J connectivity index is 1.65. The molecule has 0 radical (unpaired) electrons. The molecule has 0 unspecified atom stereocenters. The van der Waals surface area contributed by atoms with E-state index in [0.717, 1.165) is 5.56 Å². The van der Waals surface area contributed by atoms with Gasteiger partial charge in [-0.1, -0.05) is 28.9 Å². The maximum Gasteiger partial charge on any atom is 0.259 e. The minimum Gasteiger partial charge on any atom is -0.334 e. The lowest BCUT2D eigenvalue weighted by Crippen LogP contribution is -2.19. The normalized spacial score (nSPS) is 10.9. The lowest BCUT2D eigenvalue weighted by molar-refractivity contribution is 0.432. The maximum absolute atomic E-state index is 13.1. The maximum atomic E-state index is 13.1. The standard InChI is InChI=1S/C20H13ClFN3O2/c21-16-3-1-2-13(10-16)11-25-12-15(6-9-18(25)26)20-23-19(24-27-20)14-4-7-17(22)8-5-14/h1-10,12H,11H2. The molecule has 0 N–H and O–H groups in total. The second kappa shape index (κ2) is 7.17. The van der Waals surface area contributed by atoms with Crippen LogP contribution in [0.1, 0.15) is 5.56 Å². The molecule has 0 saturated carbocycles. The van der Waals surface area contributed by atoms with Crippen molar-refractivity contribution in [2.24, 2.45) is 0 Å². The van der Waals surface area contributed by atoms with Crippen molar-refractivity contribution in [2.45, 2.75) is 6.54 Å². The summed E-state index contributed by atoms with van der Waals surface area (Å²) in [5.41, 5.74) is 1.99. The first-order chi connectivity index (χ1) is 13.1. The van der Waals surface area contributed by atoms with E-state index < -0.39 is 0 Å². The van der Waals surface area contributed by atoms with Crippen LogP contribution in [0.4, 0.5) is 4.39 Å². The highest BCUT2D eigenvalue weighted by Gasteiger charge is 2.12. The van der Waals surface area contributed by atoms with Gasteiger partial charge in [-0.3, -0.25) is 4.79 Å². The van der Waals surface area contributed by atoms with Crippen LogP contribution in [0.3, 0.4) is 0 Å². The van der Waals surface area contributed by atoms with Crippen molar-refractivity contribution >= 4 is 11.6 Å². The molecule has 0 atom stereocenters. The van der Waals surface area contributed by atoms with E-state index >= 15 is 0 Å². The number of pyridine rings is 1. The molecule has 5 nitrogen and oxygen atoms in total. The van der Waals surface area contributed by atoms with Gasteiger partial charge in [0.15, 0.2) is 0 Å². The Kier molecular flexibility index (Phi) is 4.56. The van der Waals surface area contributed by atoms with E-state index in [0.29, 0.717) is 28.5 Å². The Hall–Kier alpha value is -3.25. The molecule has 0 aliphatic carbocycles. The van der Waals surface area contributed by atoms with Crippen molar-refractivity contribution in [1.82, 2.24) is 14.7 Å². The number of benzene rings is 2. The summed E-state index contributed by atoms with van der Waals surface area (Å²) in [7, 11) is 0. The van der Waals surface area contributed by atoms with Gasteiger partial charge in [0.25, 0.3) is 11.4 Å². The predicted molar refractivity (Wildman–Crippen MR) is 99.9 cm³/mol. The molecule has 2 aromatic heterocycles. The summed E-state index contributed by atoms with van der Waals surface area (Å²) < 4.78 is 19.9. The fourth-order valence-electron chi connectivity index (χ4n) is 2.67. The largest absolute Gasteiger partial charge is 0.334 e. The van der Waals surface area contributed by atoms with Crippen LogP contribution in [0.2, 0.25) is 5.02 Å². The van der Waals surface area contributed by atoms with Crippen molar-refractivity contribution in [1.29, 1.82) is 0 Å². The molecule has 0 amide bonds. The van der Waals surface area contributed by atoms with Gasteiger partial charge in [-0.2, -0.15) is 4.98 Å². The van der Waals surface area contributed by atoms with E-state index in [1.54, 1.807) is 41.1 Å². The molecule has 7 heteroatoms. The van der Waals surface area contributed by atoms with Gasteiger partial charge in [0, 0.05) is 22.8 Å². The zero-order valence-electron chi connectivity index (χ0n) is 14.0. The minimum atomic E-state index is -0.337. The first-order valence-corrected chi connectivity index (χ1v) is 8.51. The number of aromatic nitrogens is 3. The van der Waals surface area contributed by atoms with Crippen molar-refractivity contribution in [2.75, 3.05) is 0 Å². The van der Waals surface area contributed by atoms with E-state index in [9.17, 15) is 9.18 Å². The second-order valence-electron chi connectivity index (χ2n) is 5.94. The molecule has 134 valence electrons. The summed E-state index contributed by atoms with van der Waals surface area (Å²) in [6.07, 6.45) is 1.66. The first kappa shape index (κ1) is 17.2. The summed E-state index contributed by atoms with van der Waals surface area (Å²) in [6.45, 7) is 0.367. The molecule has 0 saturated heterocycles. The molecule has 2 aromatic carbocycles. The van der Waals surface area contributed by atoms with Gasteiger partial charge in [-0.25, -0.2) is 4.39 Å². The lowest BCUT2D eigenvalue weighted by Gasteiger charge is -2.07. The number of hydrogen-bond donors (Lipinski definition) is 0. The van der Waals surface area contributed by atoms with Gasteiger partial charge in [0.1, 0.15) is 5.82 Å². The smallest absolute Gasteiger partial charge is 0.259 e. The molecular weight excluding hydrogens is 369 g/mol. The van der Waals surface area contributed by atoms with Crippen LogP contribution in [0.5, 0.6) is 0 Å². The zero-order valence-corrected chi connectivity index (χ0v) is 14.7. The Morgan fingerprint density at radius 3 is 2.59 bits per heavy atom. The number of halogens is 2. The molecule has 27 heavy (non-hydrogen) atoms. The molecule has 0 aliphatic heterocycles. The van der Waals surface area contributed by atoms with E-state index in [1.165, 1.54) is 18.2 Å². The van der Waals surface area contributed by atoms with Gasteiger partial charge < -0.3 is 9.09 Å². The number of rotatable bonds is 4. The molecule has 4 aromatic rings. The van der Waals surface area contributed by atoms with E-state index in [4.69, 9.17) is 16.1 Å². The van der Waals surface area contributed by atoms with Crippen molar-refractivity contribution in [3.8, 4) is 22.8 Å². The summed E-state index contributed by atoms with van der Waals surface area (Å²) in [6, 6.07) is 16.2. The second-order valence-corrected chi connectivity index (χ2v) is 6.38. The van der Waals surface area contributed by atoms with Gasteiger partial charge in [-0.05, 0) is 48.0 Å². The molecule has 0 spiro atoms. The third kappa shape index (κ3) is 3.80. The average molecular weight is 382 g/mol. The predicted octanol–water partition coefficient (Wildman–Crippen LogP) is 4.41. The fourth-order valence-corrected chi connectivity index (χ4v) is 2.88. The van der Waals surface area contributed by atoms with Crippen LogP contribution in [-0.2, 0) is 6.54 Å².